The van der Waals surface area contributed by atoms with Gasteiger partial charge in [0.25, 0.3) is 0 Å². The van der Waals surface area contributed by atoms with Crippen LogP contribution in [0.5, 0.6) is 0 Å². The SMILES string of the molecule is O=C([O-])C1C2CC(C1C(=O)O)C1C3CCC(C3)C21. The lowest BCUT2D eigenvalue weighted by atomic mass is 9.63. The van der Waals surface area contributed by atoms with Gasteiger partial charge in [-0.15, -0.1) is 0 Å². The Kier molecular flexibility index (Phi) is 1.97. The van der Waals surface area contributed by atoms with Crippen LogP contribution in [-0.2, 0) is 9.59 Å². The minimum Gasteiger partial charge on any atom is -0.550 e. The van der Waals surface area contributed by atoms with E-state index in [4.69, 9.17) is 0 Å². The largest absolute Gasteiger partial charge is 0.550 e. The molecule has 0 aromatic heterocycles. The lowest BCUT2D eigenvalue weighted by molar-refractivity contribution is -0.316. The van der Waals surface area contributed by atoms with E-state index in [1.54, 1.807) is 0 Å². The molecule has 4 bridgehead atoms. The summed E-state index contributed by atoms with van der Waals surface area (Å²) >= 11 is 0. The third kappa shape index (κ3) is 1.08. The van der Waals surface area contributed by atoms with E-state index in [0.717, 1.165) is 6.42 Å². The molecule has 0 amide bonds. The van der Waals surface area contributed by atoms with Crippen molar-refractivity contribution >= 4 is 11.9 Å². The number of fused-ring (bicyclic) bond motifs is 9. The first-order valence-corrected chi connectivity index (χ1v) is 7.03. The number of hydrogen-bond acceptors (Lipinski definition) is 3. The molecule has 4 fully saturated rings. The first kappa shape index (κ1) is 10.8. The Hall–Kier alpha value is -1.06. The average molecular weight is 249 g/mol. The van der Waals surface area contributed by atoms with Crippen molar-refractivity contribution in [2.45, 2.75) is 25.7 Å². The first-order valence-electron chi connectivity index (χ1n) is 7.03. The molecule has 8 atom stereocenters. The van der Waals surface area contributed by atoms with Crippen LogP contribution in [0.25, 0.3) is 0 Å². The van der Waals surface area contributed by atoms with Gasteiger partial charge in [0.1, 0.15) is 0 Å². The lowest BCUT2D eigenvalue weighted by Gasteiger charge is -2.42. The summed E-state index contributed by atoms with van der Waals surface area (Å²) in [6.45, 7) is 0. The molecule has 4 aliphatic carbocycles. The smallest absolute Gasteiger partial charge is 0.307 e. The number of rotatable bonds is 2. The van der Waals surface area contributed by atoms with Crippen LogP contribution in [0.2, 0.25) is 0 Å². The number of carboxylic acid groups (broad SMARTS) is 2. The van der Waals surface area contributed by atoms with Crippen molar-refractivity contribution in [3.05, 3.63) is 0 Å². The average Bonchev–Trinajstić information content (AvgIpc) is 3.04. The molecular formula is C14H17O4-. The molecule has 0 spiro atoms. The number of carbonyl (C=O) groups is 2. The van der Waals surface area contributed by atoms with Gasteiger partial charge in [0.15, 0.2) is 0 Å². The Balaban J connectivity index is 1.74. The molecule has 4 rings (SSSR count). The van der Waals surface area contributed by atoms with Crippen LogP contribution in [0.15, 0.2) is 0 Å². The van der Waals surface area contributed by atoms with Gasteiger partial charge in [0.2, 0.25) is 0 Å². The van der Waals surface area contributed by atoms with E-state index < -0.39 is 23.8 Å². The number of hydrogen-bond donors (Lipinski definition) is 1. The molecule has 0 aliphatic heterocycles. The summed E-state index contributed by atoms with van der Waals surface area (Å²) in [5, 5.41) is 20.7. The Morgan fingerprint density at radius 3 is 2.00 bits per heavy atom. The van der Waals surface area contributed by atoms with E-state index in [0.29, 0.717) is 23.7 Å². The molecule has 0 saturated heterocycles. The normalized spacial score (nSPS) is 55.8. The highest BCUT2D eigenvalue weighted by Gasteiger charge is 2.67. The van der Waals surface area contributed by atoms with Crippen molar-refractivity contribution in [1.29, 1.82) is 0 Å². The van der Waals surface area contributed by atoms with Gasteiger partial charge in [-0.1, -0.05) is 0 Å². The van der Waals surface area contributed by atoms with Crippen LogP contribution >= 0.6 is 0 Å². The summed E-state index contributed by atoms with van der Waals surface area (Å²) in [6, 6.07) is 0. The molecule has 0 aromatic rings. The zero-order valence-electron chi connectivity index (χ0n) is 10.1. The van der Waals surface area contributed by atoms with Gasteiger partial charge in [-0.05, 0) is 61.2 Å². The van der Waals surface area contributed by atoms with E-state index >= 15 is 0 Å². The summed E-state index contributed by atoms with van der Waals surface area (Å²) in [7, 11) is 0. The molecule has 0 radical (unpaired) electrons. The maximum absolute atomic E-state index is 11.4. The summed E-state index contributed by atoms with van der Waals surface area (Å²) in [4.78, 5) is 22.7. The van der Waals surface area contributed by atoms with Crippen molar-refractivity contribution in [2.24, 2.45) is 47.3 Å². The van der Waals surface area contributed by atoms with E-state index in [-0.39, 0.29) is 11.8 Å². The van der Waals surface area contributed by atoms with Crippen molar-refractivity contribution in [3.8, 4) is 0 Å². The van der Waals surface area contributed by atoms with Gasteiger partial charge < -0.3 is 15.0 Å². The maximum atomic E-state index is 11.4. The third-order valence-corrected chi connectivity index (χ3v) is 6.45. The summed E-state index contributed by atoms with van der Waals surface area (Å²) in [5.74, 6) is -0.913. The predicted octanol–water partition coefficient (Wildman–Crippen LogP) is 0.365. The molecule has 98 valence electrons. The molecule has 18 heavy (non-hydrogen) atoms. The second kappa shape index (κ2) is 3.28. The minimum absolute atomic E-state index is 0.0846. The van der Waals surface area contributed by atoms with Crippen LogP contribution in [0.3, 0.4) is 0 Å². The Bertz CT molecular complexity index is 394. The van der Waals surface area contributed by atoms with Gasteiger partial charge in [-0.3, -0.25) is 4.79 Å². The minimum atomic E-state index is -1.13. The van der Waals surface area contributed by atoms with Crippen LogP contribution in [0, 0.1) is 47.3 Å². The van der Waals surface area contributed by atoms with Gasteiger partial charge in [-0.25, -0.2) is 0 Å². The molecule has 4 aliphatic rings. The standard InChI is InChI=1S/C14H18O4/c15-13(16)11-7-4-8(12(11)14(17)18)10-6-2-1-5(3-6)9(7)10/h5-12H,1-4H2,(H,15,16)(H,17,18)/p-1. The van der Waals surface area contributed by atoms with Crippen molar-refractivity contribution in [3.63, 3.8) is 0 Å². The monoisotopic (exact) mass is 249 g/mol. The number of carbonyl (C=O) groups excluding carboxylic acids is 1. The molecule has 0 aromatic carbocycles. The first-order chi connectivity index (χ1) is 8.59. The van der Waals surface area contributed by atoms with Crippen LogP contribution in [0.4, 0.5) is 0 Å². The highest BCUT2D eigenvalue weighted by molar-refractivity contribution is 5.81. The van der Waals surface area contributed by atoms with E-state index in [9.17, 15) is 19.8 Å². The van der Waals surface area contributed by atoms with Gasteiger partial charge in [-0.2, -0.15) is 0 Å². The molecule has 0 heterocycles. The number of carboxylic acids is 2. The molecular weight excluding hydrogens is 232 g/mol. The highest BCUT2D eigenvalue weighted by atomic mass is 16.4. The third-order valence-electron chi connectivity index (χ3n) is 6.45. The molecule has 4 saturated carbocycles. The molecule has 8 unspecified atom stereocenters. The quantitative estimate of drug-likeness (QED) is 0.717. The van der Waals surface area contributed by atoms with E-state index in [1.165, 1.54) is 19.3 Å². The zero-order chi connectivity index (χ0) is 12.6. The molecule has 1 N–H and O–H groups in total. The van der Waals surface area contributed by atoms with Gasteiger partial charge >= 0.3 is 5.97 Å². The second-order valence-corrected chi connectivity index (χ2v) is 6.76. The summed E-state index contributed by atoms with van der Waals surface area (Å²) in [6.07, 6.45) is 4.50. The van der Waals surface area contributed by atoms with Crippen LogP contribution in [-0.4, -0.2) is 17.0 Å². The second-order valence-electron chi connectivity index (χ2n) is 6.76. The molecule has 4 heteroatoms. The van der Waals surface area contributed by atoms with Crippen LogP contribution < -0.4 is 5.11 Å². The highest BCUT2D eigenvalue weighted by Crippen LogP contribution is 2.70. The summed E-state index contributed by atoms with van der Waals surface area (Å²) < 4.78 is 0. The van der Waals surface area contributed by atoms with Gasteiger partial charge in [0.05, 0.1) is 5.92 Å². The van der Waals surface area contributed by atoms with Gasteiger partial charge in [0, 0.05) is 11.9 Å². The number of aliphatic carboxylic acids is 2. The fraction of sp³-hybridized carbons (Fsp3) is 0.857. The van der Waals surface area contributed by atoms with Crippen molar-refractivity contribution in [2.75, 3.05) is 0 Å². The van der Waals surface area contributed by atoms with E-state index in [2.05, 4.69) is 0 Å². The van der Waals surface area contributed by atoms with Crippen LogP contribution in [0.1, 0.15) is 25.7 Å². The predicted molar refractivity (Wildman–Crippen MR) is 59.0 cm³/mol. The Labute approximate surface area is 105 Å². The van der Waals surface area contributed by atoms with E-state index in [1.807, 2.05) is 0 Å². The molecule has 4 nitrogen and oxygen atoms in total. The fourth-order valence-electron chi connectivity index (χ4n) is 6.24. The van der Waals surface area contributed by atoms with Crippen molar-refractivity contribution in [1.82, 2.24) is 0 Å². The Morgan fingerprint density at radius 2 is 1.50 bits per heavy atom. The van der Waals surface area contributed by atoms with Crippen molar-refractivity contribution < 1.29 is 19.8 Å². The zero-order valence-corrected chi connectivity index (χ0v) is 10.1. The summed E-state index contributed by atoms with van der Waals surface area (Å²) in [5.41, 5.74) is 0. The maximum Gasteiger partial charge on any atom is 0.307 e. The fourth-order valence-corrected chi connectivity index (χ4v) is 6.24. The lowest BCUT2D eigenvalue weighted by Crippen LogP contribution is -2.48. The topological polar surface area (TPSA) is 77.4 Å². The Morgan fingerprint density at radius 1 is 0.944 bits per heavy atom.